The van der Waals surface area contributed by atoms with Crippen LogP contribution in [0.5, 0.6) is 0 Å². The quantitative estimate of drug-likeness (QED) is 0.146. The summed E-state index contributed by atoms with van der Waals surface area (Å²) in [5, 5.41) is 0. The first-order chi connectivity index (χ1) is 38.9. The highest BCUT2D eigenvalue weighted by Gasteiger charge is 2.24. The molecule has 10 aliphatic rings. The Hall–Kier alpha value is -8.88. The van der Waals surface area contributed by atoms with Crippen LogP contribution in [0.25, 0.3) is 0 Å². The molecule has 0 saturated heterocycles. The third-order valence-corrected chi connectivity index (χ3v) is 12.3. The van der Waals surface area contributed by atoms with E-state index in [1.54, 1.807) is 0 Å². The van der Waals surface area contributed by atoms with Crippen LogP contribution in [0.15, 0.2) is 115 Å². The lowest BCUT2D eigenvalue weighted by Gasteiger charge is -2.12. The minimum absolute atomic E-state index is 0.0573. The summed E-state index contributed by atoms with van der Waals surface area (Å²) in [4.78, 5) is 126. The van der Waals surface area contributed by atoms with Crippen molar-refractivity contribution in [1.29, 1.82) is 0 Å². The van der Waals surface area contributed by atoms with Gasteiger partial charge in [-0.05, 0) is 140 Å². The van der Waals surface area contributed by atoms with Crippen LogP contribution in [0, 0.1) is 0 Å². The third kappa shape index (κ3) is 20.2. The molecule has 0 atom stereocenters. The van der Waals surface area contributed by atoms with Crippen LogP contribution in [-0.2, 0) is 85.7 Å². The van der Waals surface area contributed by atoms with Gasteiger partial charge in [-0.1, -0.05) is 45.8 Å². The zero-order valence-corrected chi connectivity index (χ0v) is 44.3. The predicted octanol–water partition coefficient (Wildman–Crippen LogP) is 6.86. The lowest BCUT2D eigenvalue weighted by atomic mass is 10.0. The fraction of sp³-hybridized carbons (Fsp3) is 0.467. The Kier molecular flexibility index (Phi) is 24.7. The van der Waals surface area contributed by atoms with Gasteiger partial charge in [0, 0.05) is 0 Å². The van der Waals surface area contributed by atoms with Gasteiger partial charge in [0.05, 0.1) is 122 Å². The second kappa shape index (κ2) is 32.8. The Bertz CT molecular complexity index is 2820. The van der Waals surface area contributed by atoms with Crippen LogP contribution in [0.1, 0.15) is 136 Å². The number of carbonyl (C=O) groups is 10. The van der Waals surface area contributed by atoms with Crippen LogP contribution in [0.2, 0.25) is 0 Å². The highest BCUT2D eigenvalue weighted by Crippen LogP contribution is 2.22. The molecule has 80 heavy (non-hydrogen) atoms. The summed E-state index contributed by atoms with van der Waals surface area (Å²) in [7, 11) is 0. The number of hydrogen-bond donors (Lipinski definition) is 0. The molecular formula is C60H60O20. The Morgan fingerprint density at radius 1 is 0.200 bits per heavy atom. The monoisotopic (exact) mass is 1100 g/mol. The molecule has 20 nitrogen and oxygen atoms in total. The second-order valence-electron chi connectivity index (χ2n) is 18.3. The van der Waals surface area contributed by atoms with Gasteiger partial charge in [-0.2, -0.15) is 0 Å². The van der Waals surface area contributed by atoms with Crippen LogP contribution < -0.4 is 0 Å². The molecule has 420 valence electrons. The van der Waals surface area contributed by atoms with Crippen molar-refractivity contribution < 1.29 is 95.3 Å². The lowest BCUT2D eigenvalue weighted by molar-refractivity contribution is -0.142. The Morgan fingerprint density at radius 3 is 0.450 bits per heavy atom. The molecule has 0 amide bonds. The smallest absolute Gasteiger partial charge is 0.342 e. The predicted molar refractivity (Wildman–Crippen MR) is 274 cm³/mol. The summed E-state index contributed by atoms with van der Waals surface area (Å²) in [6, 6.07) is 5.76. The van der Waals surface area contributed by atoms with E-state index >= 15 is 0 Å². The van der Waals surface area contributed by atoms with Gasteiger partial charge in [0.1, 0.15) is 0 Å². The SMILES string of the molecule is O=C1OCCCCOC(=O)C2=C=C=C(CC2)C(=O)OCCCCOC(=O)C2=C=C=C(CC2)C(=O)OCCCCOC(=O)c2ccc(cc2)C(=O)OCCCCOC(=O)C2=C=C=C(CC2)C(=O)OCCCCOC(=O)C2=C=C=C1CC2. The Labute approximate surface area is 461 Å². The van der Waals surface area contributed by atoms with Crippen molar-refractivity contribution in [3.63, 3.8) is 0 Å². The molecule has 0 spiro atoms. The standard InChI is InChI=1S/C60H60O20/c61-51-41-11-13-43(14-12-41)53(63)73-33-3-4-35-75-55(65)45-19-21-47(22-20-45)57(67)77-37-7-8-39-79-59(69)49-27-29-50(30-28-49)60(70)80-40-10-9-38-78-58(68)48-25-23-46(24-26-48)56(66)76-36-6-5-34-74-54(64)44-17-15-42(16-18-44)52(62)72-32-2-1-31-71-51/h11-14H,1-10,15,17,19,21,23,25,27,29,31-40H2. The molecule has 1 aromatic carbocycles. The number of hydrogen-bond acceptors (Lipinski definition) is 20. The van der Waals surface area contributed by atoms with E-state index in [0.717, 1.165) is 0 Å². The van der Waals surface area contributed by atoms with Crippen molar-refractivity contribution in [3.8, 4) is 0 Å². The summed E-state index contributed by atoms with van der Waals surface area (Å²) in [5.74, 6) is -6.02. The molecule has 4 aliphatic carbocycles. The van der Waals surface area contributed by atoms with Crippen LogP contribution in [0.4, 0.5) is 0 Å². The summed E-state index contributed by atoms with van der Waals surface area (Å²) in [6.45, 7) is 0.573. The van der Waals surface area contributed by atoms with E-state index in [9.17, 15) is 47.9 Å². The molecule has 0 unspecified atom stereocenters. The maximum Gasteiger partial charge on any atom is 0.342 e. The average molecular weight is 1100 g/mol. The molecule has 6 aliphatic heterocycles. The zero-order chi connectivity index (χ0) is 56.9. The number of benzene rings is 1. The van der Waals surface area contributed by atoms with Crippen molar-refractivity contribution in [2.45, 2.75) is 116 Å². The summed E-state index contributed by atoms with van der Waals surface area (Å²) < 4.78 is 53.1. The van der Waals surface area contributed by atoms with Crippen molar-refractivity contribution in [2.75, 3.05) is 66.1 Å². The normalized spacial score (nSPS) is 20.4. The first kappa shape index (κ1) is 60.4. The van der Waals surface area contributed by atoms with Gasteiger partial charge >= 0.3 is 59.7 Å². The molecule has 11 rings (SSSR count). The van der Waals surface area contributed by atoms with E-state index < -0.39 is 59.7 Å². The topological polar surface area (TPSA) is 263 Å². The zero-order valence-electron chi connectivity index (χ0n) is 44.3. The molecule has 1 aromatic rings. The van der Waals surface area contributed by atoms with Crippen LogP contribution >= 0.6 is 0 Å². The number of rotatable bonds is 0. The third-order valence-electron chi connectivity index (χ3n) is 12.3. The van der Waals surface area contributed by atoms with Crippen molar-refractivity contribution in [2.24, 2.45) is 0 Å². The minimum atomic E-state index is -0.602. The molecule has 10 bridgehead atoms. The number of carbonyl (C=O) groups excluding carboxylic acids is 10. The summed E-state index contributed by atoms with van der Waals surface area (Å²) in [5.41, 5.74) is 23.7. The van der Waals surface area contributed by atoms with Crippen LogP contribution in [-0.4, -0.2) is 126 Å². The number of esters is 10. The molecule has 0 saturated carbocycles. The highest BCUT2D eigenvalue weighted by molar-refractivity contribution is 5.95. The van der Waals surface area contributed by atoms with E-state index in [1.165, 1.54) is 24.3 Å². The molecular weight excluding hydrogens is 1040 g/mol. The maximum absolute atomic E-state index is 12.6. The molecule has 20 heteroatoms. The highest BCUT2D eigenvalue weighted by atomic mass is 16.6. The molecule has 0 radical (unpaired) electrons. The van der Waals surface area contributed by atoms with Gasteiger partial charge in [-0.15, -0.1) is 0 Å². The first-order valence-corrected chi connectivity index (χ1v) is 26.6. The summed E-state index contributed by atoms with van der Waals surface area (Å²) >= 11 is 0. The minimum Gasteiger partial charge on any atom is -0.462 e. The Balaban J connectivity index is 0.960. The molecule has 0 aromatic heterocycles. The van der Waals surface area contributed by atoms with E-state index in [2.05, 4.69) is 45.8 Å². The first-order valence-electron chi connectivity index (χ1n) is 26.6. The van der Waals surface area contributed by atoms with Gasteiger partial charge < -0.3 is 47.4 Å². The lowest BCUT2D eigenvalue weighted by Crippen LogP contribution is -2.15. The number of ether oxygens (including phenoxy) is 10. The fourth-order valence-electron chi connectivity index (χ4n) is 7.60. The van der Waals surface area contributed by atoms with Crippen molar-refractivity contribution >= 4 is 59.7 Å². The van der Waals surface area contributed by atoms with Crippen molar-refractivity contribution in [1.82, 2.24) is 0 Å². The number of fused-ring (bicyclic) bond motifs is 5. The average Bonchev–Trinajstić information content (AvgIpc) is 3.49. The van der Waals surface area contributed by atoms with Gasteiger partial charge in [0.25, 0.3) is 0 Å². The van der Waals surface area contributed by atoms with E-state index in [1.807, 2.05) is 0 Å². The molecule has 6 heterocycles. The largest absolute Gasteiger partial charge is 0.462 e. The fourth-order valence-corrected chi connectivity index (χ4v) is 7.60. The Morgan fingerprint density at radius 2 is 0.325 bits per heavy atom. The van der Waals surface area contributed by atoms with Crippen molar-refractivity contribution in [3.05, 3.63) is 126 Å². The van der Waals surface area contributed by atoms with Crippen LogP contribution in [0.3, 0.4) is 0 Å². The summed E-state index contributed by atoms with van der Waals surface area (Å²) in [6.07, 6.45) is 5.61. The van der Waals surface area contributed by atoms with Gasteiger partial charge in [0.2, 0.25) is 0 Å². The van der Waals surface area contributed by atoms with E-state index in [4.69, 9.17) is 47.4 Å². The van der Waals surface area contributed by atoms with Gasteiger partial charge in [-0.25, -0.2) is 47.9 Å². The van der Waals surface area contributed by atoms with Gasteiger partial charge in [-0.3, -0.25) is 0 Å². The van der Waals surface area contributed by atoms with E-state index in [0.29, 0.717) is 64.2 Å². The molecule has 0 N–H and O–H groups in total. The second-order valence-corrected chi connectivity index (χ2v) is 18.3. The van der Waals surface area contributed by atoms with Gasteiger partial charge in [0.15, 0.2) is 0 Å². The molecule has 0 fully saturated rings. The maximum atomic E-state index is 12.6. The van der Waals surface area contributed by atoms with E-state index in [-0.39, 0.29) is 173 Å².